The number of fused-ring (bicyclic) bond motifs is 1. The van der Waals surface area contributed by atoms with Gasteiger partial charge in [0.15, 0.2) is 6.17 Å². The van der Waals surface area contributed by atoms with Crippen molar-refractivity contribution in [2.45, 2.75) is 43.8 Å². The monoisotopic (exact) mass is 425 g/mol. The molecule has 1 aromatic heterocycles. The third-order valence-corrected chi connectivity index (χ3v) is 7.87. The van der Waals surface area contributed by atoms with Crippen LogP contribution in [-0.2, 0) is 16.6 Å². The quantitative estimate of drug-likeness (QED) is 0.434. The third-order valence-electron chi connectivity index (χ3n) is 6.20. The van der Waals surface area contributed by atoms with E-state index in [2.05, 4.69) is 29.0 Å². The van der Waals surface area contributed by atoms with Gasteiger partial charge in [0.2, 0.25) is 12.2 Å². The molecule has 0 radical (unpaired) electrons. The molecule has 0 bridgehead atoms. The maximum atomic E-state index is 12.5. The lowest BCUT2D eigenvalue weighted by atomic mass is 9.79. The fourth-order valence-corrected chi connectivity index (χ4v) is 6.70. The second-order valence-corrected chi connectivity index (χ2v) is 9.85. The first-order chi connectivity index (χ1) is 13.2. The highest BCUT2D eigenvalue weighted by molar-refractivity contribution is 8.03. The Kier molecular flexibility index (Phi) is 5.10. The second kappa shape index (κ2) is 7.16. The van der Waals surface area contributed by atoms with E-state index in [0.29, 0.717) is 10.9 Å². The summed E-state index contributed by atoms with van der Waals surface area (Å²) in [7, 11) is 4.10. The summed E-state index contributed by atoms with van der Waals surface area (Å²) in [6.07, 6.45) is 6.62. The van der Waals surface area contributed by atoms with Crippen LogP contribution in [0.4, 0.5) is 0 Å². The molecule has 28 heavy (non-hydrogen) atoms. The lowest BCUT2D eigenvalue weighted by Crippen LogP contribution is -2.63. The minimum atomic E-state index is -0.733. The molecular formula is C19H26ClN4O3S+. The van der Waals surface area contributed by atoms with Crippen molar-refractivity contribution >= 4 is 34.5 Å². The molecule has 7 nitrogen and oxygen atoms in total. The van der Waals surface area contributed by atoms with E-state index in [1.54, 1.807) is 18.7 Å². The molecule has 2 saturated heterocycles. The van der Waals surface area contributed by atoms with E-state index in [4.69, 9.17) is 11.6 Å². The Labute approximate surface area is 173 Å². The number of allylic oxidation sites excluding steroid dienone is 1. The van der Waals surface area contributed by atoms with Crippen LogP contribution in [0.1, 0.15) is 26.4 Å². The molecule has 152 valence electrons. The van der Waals surface area contributed by atoms with Crippen LogP contribution in [0.3, 0.4) is 0 Å². The van der Waals surface area contributed by atoms with Gasteiger partial charge in [-0.05, 0) is 25.6 Å². The number of imidazole rings is 1. The number of halogens is 1. The standard InChI is InChI=1S/C19H26ClN4O3S/c1-10-15-14(11(2)25)19(27)24(15)16(18(20)26)17(10)28-12-7-13(22(4)8-12)23-6-5-21(3)9-23/h5-6,9-15,25H,7-8H2,1-4H3/q+1/t10-,11-,12+,13+,14-,15-/m1/s1. The normalized spacial score (nSPS) is 34.0. The zero-order chi connectivity index (χ0) is 20.3. The van der Waals surface area contributed by atoms with E-state index in [1.807, 2.05) is 24.7 Å². The summed E-state index contributed by atoms with van der Waals surface area (Å²) < 4.78 is 4.22. The number of β-lactam (4-membered cyclic amide) rings is 1. The Bertz CT molecular complexity index is 854. The van der Waals surface area contributed by atoms with E-state index in [1.165, 1.54) is 4.90 Å². The van der Waals surface area contributed by atoms with Crippen molar-refractivity contribution in [1.29, 1.82) is 0 Å². The molecule has 0 spiro atoms. The number of thioether (sulfide) groups is 1. The molecule has 3 aliphatic heterocycles. The average molecular weight is 426 g/mol. The Morgan fingerprint density at radius 3 is 2.75 bits per heavy atom. The van der Waals surface area contributed by atoms with Gasteiger partial charge in [0.25, 0.3) is 5.24 Å². The molecule has 2 fully saturated rings. The molecular weight excluding hydrogens is 400 g/mol. The van der Waals surface area contributed by atoms with Crippen LogP contribution >= 0.6 is 23.4 Å². The van der Waals surface area contributed by atoms with Crippen LogP contribution in [-0.4, -0.2) is 61.6 Å². The van der Waals surface area contributed by atoms with Gasteiger partial charge in [0.1, 0.15) is 18.1 Å². The topological polar surface area (TPSA) is 69.7 Å². The summed E-state index contributed by atoms with van der Waals surface area (Å²) in [5.41, 5.74) is 0.324. The van der Waals surface area contributed by atoms with Crippen LogP contribution in [0.2, 0.25) is 0 Å². The van der Waals surface area contributed by atoms with Gasteiger partial charge in [-0.1, -0.05) is 6.92 Å². The number of hydrogen-bond donors (Lipinski definition) is 1. The Balaban J connectivity index is 1.56. The molecule has 0 unspecified atom stereocenters. The molecule has 0 saturated carbocycles. The molecule has 4 heterocycles. The maximum absolute atomic E-state index is 12.5. The molecule has 3 aliphatic rings. The van der Waals surface area contributed by atoms with Crippen LogP contribution in [0.5, 0.6) is 0 Å². The first-order valence-corrected chi connectivity index (χ1v) is 10.8. The number of hydrogen-bond acceptors (Lipinski definition) is 5. The number of aliphatic hydroxyl groups is 1. The van der Waals surface area contributed by atoms with Gasteiger partial charge in [0, 0.05) is 29.0 Å². The van der Waals surface area contributed by atoms with Crippen LogP contribution < -0.4 is 4.57 Å². The van der Waals surface area contributed by atoms with Gasteiger partial charge in [-0.25, -0.2) is 9.13 Å². The lowest BCUT2D eigenvalue weighted by molar-refractivity contribution is -0.671. The van der Waals surface area contributed by atoms with Gasteiger partial charge >= 0.3 is 0 Å². The van der Waals surface area contributed by atoms with E-state index >= 15 is 0 Å². The smallest absolute Gasteiger partial charge is 0.269 e. The van der Waals surface area contributed by atoms with Crippen molar-refractivity contribution in [3.8, 4) is 0 Å². The lowest BCUT2D eigenvalue weighted by Gasteiger charge is -2.46. The SMILES string of the molecule is C[C@@H](O)[C@H]1C(=O)N2C(C(=O)Cl)=C(S[C@H]3C[C@H](n4cc[n+](C)c4)N(C)C3)[C@H](C)[C@H]12. The number of likely N-dealkylation sites (tertiary alicyclic amines) is 1. The van der Waals surface area contributed by atoms with Crippen molar-refractivity contribution < 1.29 is 19.3 Å². The predicted octanol–water partition coefficient (Wildman–Crippen LogP) is 1.08. The summed E-state index contributed by atoms with van der Waals surface area (Å²) in [6.45, 7) is 4.54. The fourth-order valence-electron chi connectivity index (χ4n) is 4.85. The van der Waals surface area contributed by atoms with Crippen LogP contribution in [0, 0.1) is 11.8 Å². The summed E-state index contributed by atoms with van der Waals surface area (Å²) in [4.78, 5) is 29.4. The Morgan fingerprint density at radius 1 is 1.46 bits per heavy atom. The molecule has 9 heteroatoms. The van der Waals surface area contributed by atoms with Crippen LogP contribution in [0.25, 0.3) is 0 Å². The summed E-state index contributed by atoms with van der Waals surface area (Å²) in [5.74, 6) is -0.667. The van der Waals surface area contributed by atoms with Gasteiger partial charge in [-0.3, -0.25) is 14.5 Å². The van der Waals surface area contributed by atoms with E-state index in [-0.39, 0.29) is 24.0 Å². The van der Waals surface area contributed by atoms with E-state index in [9.17, 15) is 14.7 Å². The number of amides is 1. The number of aliphatic hydroxyl groups excluding tert-OH is 1. The van der Waals surface area contributed by atoms with Gasteiger partial charge in [-0.15, -0.1) is 11.8 Å². The number of aryl methyl sites for hydroxylation is 1. The highest BCUT2D eigenvalue weighted by atomic mass is 35.5. The molecule has 1 amide bonds. The van der Waals surface area contributed by atoms with Gasteiger partial charge in [0.05, 0.1) is 25.1 Å². The van der Waals surface area contributed by atoms with E-state index < -0.39 is 17.3 Å². The van der Waals surface area contributed by atoms with Crippen molar-refractivity contribution in [2.75, 3.05) is 13.6 Å². The largest absolute Gasteiger partial charge is 0.393 e. The van der Waals surface area contributed by atoms with Crippen LogP contribution in [0.15, 0.2) is 29.3 Å². The van der Waals surface area contributed by atoms with E-state index in [0.717, 1.165) is 17.9 Å². The Morgan fingerprint density at radius 2 is 2.18 bits per heavy atom. The van der Waals surface area contributed by atoms with Crippen molar-refractivity contribution in [3.63, 3.8) is 0 Å². The third kappa shape index (κ3) is 3.01. The molecule has 0 aromatic carbocycles. The maximum Gasteiger partial charge on any atom is 0.269 e. The summed E-state index contributed by atoms with van der Waals surface area (Å²) >= 11 is 7.56. The second-order valence-electron chi connectivity index (χ2n) is 8.16. The zero-order valence-corrected chi connectivity index (χ0v) is 18.0. The molecule has 1 aromatic rings. The van der Waals surface area contributed by atoms with Gasteiger partial charge in [-0.2, -0.15) is 0 Å². The molecule has 6 atom stereocenters. The summed E-state index contributed by atoms with van der Waals surface area (Å²) in [5, 5.41) is 9.71. The molecule has 4 rings (SSSR count). The minimum absolute atomic E-state index is 0.00580. The molecule has 1 N–H and O–H groups in total. The highest BCUT2D eigenvalue weighted by Gasteiger charge is 2.60. The number of aromatic nitrogens is 2. The first kappa shape index (κ1) is 19.9. The average Bonchev–Trinajstić information content (AvgIpc) is 3.24. The Hall–Kier alpha value is -1.35. The summed E-state index contributed by atoms with van der Waals surface area (Å²) in [6, 6.07) is -0.175. The van der Waals surface area contributed by atoms with Crippen molar-refractivity contribution in [3.05, 3.63) is 29.3 Å². The zero-order valence-electron chi connectivity index (χ0n) is 16.4. The molecule has 0 aliphatic carbocycles. The highest BCUT2D eigenvalue weighted by Crippen LogP contribution is 2.52. The minimum Gasteiger partial charge on any atom is -0.393 e. The number of carbonyl (C=O) groups excluding carboxylic acids is 2. The number of nitrogens with zero attached hydrogens (tertiary/aromatic N) is 4. The van der Waals surface area contributed by atoms with Crippen molar-refractivity contribution in [2.24, 2.45) is 18.9 Å². The number of carbonyl (C=O) groups is 2. The number of rotatable bonds is 5. The predicted molar refractivity (Wildman–Crippen MR) is 106 cm³/mol. The van der Waals surface area contributed by atoms with Crippen molar-refractivity contribution in [1.82, 2.24) is 14.4 Å². The fraction of sp³-hybridized carbons (Fsp3) is 0.632. The first-order valence-electron chi connectivity index (χ1n) is 9.55. The van der Waals surface area contributed by atoms with Gasteiger partial charge < -0.3 is 10.0 Å².